The first-order valence-electron chi connectivity index (χ1n) is 5.55. The van der Waals surface area contributed by atoms with Crippen LogP contribution in [0.15, 0.2) is 30.5 Å². The van der Waals surface area contributed by atoms with Crippen molar-refractivity contribution in [3.8, 4) is 0 Å². The van der Waals surface area contributed by atoms with Gasteiger partial charge in [-0.1, -0.05) is 0 Å². The molecule has 108 valence electrons. The van der Waals surface area contributed by atoms with Crippen molar-refractivity contribution in [3.05, 3.63) is 57.8 Å². The first-order chi connectivity index (χ1) is 9.90. The monoisotopic (exact) mass is 294 g/mol. The minimum absolute atomic E-state index is 0.0381. The van der Waals surface area contributed by atoms with E-state index in [-0.39, 0.29) is 11.4 Å². The molecule has 0 spiro atoms. The molecule has 0 saturated heterocycles. The SMILES string of the molecule is Nc1ncccc1C(=O)Nc1cc([N+](=O)[O-])c(F)cc1F. The molecule has 0 aliphatic rings. The molecule has 2 aromatic rings. The Morgan fingerprint density at radius 2 is 2.05 bits per heavy atom. The van der Waals surface area contributed by atoms with Gasteiger partial charge in [0.25, 0.3) is 5.91 Å². The Bertz CT molecular complexity index is 736. The predicted molar refractivity (Wildman–Crippen MR) is 69.6 cm³/mol. The highest BCUT2D eigenvalue weighted by Crippen LogP contribution is 2.25. The Morgan fingerprint density at radius 3 is 2.67 bits per heavy atom. The molecular formula is C12H8F2N4O3. The number of nitrogens with zero attached hydrogens (tertiary/aromatic N) is 2. The maximum atomic E-state index is 13.5. The zero-order valence-electron chi connectivity index (χ0n) is 10.3. The van der Waals surface area contributed by atoms with E-state index in [2.05, 4.69) is 10.3 Å². The van der Waals surface area contributed by atoms with Crippen molar-refractivity contribution in [2.75, 3.05) is 11.1 Å². The Balaban J connectivity index is 2.36. The van der Waals surface area contributed by atoms with Gasteiger partial charge in [0.05, 0.1) is 16.2 Å². The van der Waals surface area contributed by atoms with E-state index in [4.69, 9.17) is 5.73 Å². The number of benzene rings is 1. The van der Waals surface area contributed by atoms with E-state index in [0.29, 0.717) is 12.1 Å². The highest BCUT2D eigenvalue weighted by Gasteiger charge is 2.20. The normalized spacial score (nSPS) is 10.2. The van der Waals surface area contributed by atoms with Gasteiger partial charge in [-0.05, 0) is 12.1 Å². The fourth-order valence-corrected chi connectivity index (χ4v) is 1.57. The van der Waals surface area contributed by atoms with E-state index in [9.17, 15) is 23.7 Å². The number of hydrogen-bond donors (Lipinski definition) is 2. The molecule has 9 heteroatoms. The number of amides is 1. The lowest BCUT2D eigenvalue weighted by Gasteiger charge is -2.08. The van der Waals surface area contributed by atoms with Crippen LogP contribution < -0.4 is 11.1 Å². The molecular weight excluding hydrogens is 286 g/mol. The van der Waals surface area contributed by atoms with Gasteiger partial charge in [0.2, 0.25) is 5.82 Å². The maximum Gasteiger partial charge on any atom is 0.307 e. The lowest BCUT2D eigenvalue weighted by Crippen LogP contribution is -2.16. The summed E-state index contributed by atoms with van der Waals surface area (Å²) >= 11 is 0. The number of carbonyl (C=O) groups excluding carboxylic acids is 1. The van der Waals surface area contributed by atoms with Gasteiger partial charge >= 0.3 is 5.69 Å². The fourth-order valence-electron chi connectivity index (χ4n) is 1.57. The van der Waals surface area contributed by atoms with Crippen molar-refractivity contribution >= 4 is 23.1 Å². The van der Waals surface area contributed by atoms with Crippen LogP contribution in [0.3, 0.4) is 0 Å². The van der Waals surface area contributed by atoms with Crippen LogP contribution in [-0.4, -0.2) is 15.8 Å². The number of nitro groups is 1. The van der Waals surface area contributed by atoms with Crippen molar-refractivity contribution in [3.63, 3.8) is 0 Å². The molecule has 0 unspecified atom stereocenters. The van der Waals surface area contributed by atoms with Crippen molar-refractivity contribution in [1.29, 1.82) is 0 Å². The second-order valence-corrected chi connectivity index (χ2v) is 3.93. The molecule has 3 N–H and O–H groups in total. The van der Waals surface area contributed by atoms with Gasteiger partial charge in [0.15, 0.2) is 0 Å². The molecule has 1 aromatic heterocycles. The van der Waals surface area contributed by atoms with Crippen molar-refractivity contribution in [1.82, 2.24) is 4.98 Å². The summed E-state index contributed by atoms with van der Waals surface area (Å²) in [5, 5.41) is 12.7. The number of halogens is 2. The van der Waals surface area contributed by atoms with Crippen molar-refractivity contribution in [2.45, 2.75) is 0 Å². The standard InChI is InChI=1S/C12H8F2N4O3/c13-7-4-8(14)10(18(20)21)5-9(7)17-12(19)6-2-1-3-16-11(6)15/h1-5H,(H2,15,16)(H,17,19). The molecule has 7 nitrogen and oxygen atoms in total. The predicted octanol–water partition coefficient (Wildman–Crippen LogP) is 2.10. The number of nitrogens with one attached hydrogen (secondary N) is 1. The summed E-state index contributed by atoms with van der Waals surface area (Å²) in [4.78, 5) is 25.1. The number of aromatic nitrogens is 1. The van der Waals surface area contributed by atoms with E-state index in [1.165, 1.54) is 18.3 Å². The molecule has 0 aliphatic heterocycles. The number of rotatable bonds is 3. The summed E-state index contributed by atoms with van der Waals surface area (Å²) in [5.41, 5.74) is 3.96. The molecule has 1 amide bonds. The summed E-state index contributed by atoms with van der Waals surface area (Å²) in [6.45, 7) is 0. The highest BCUT2D eigenvalue weighted by molar-refractivity contribution is 6.07. The van der Waals surface area contributed by atoms with Gasteiger partial charge < -0.3 is 11.1 Å². The number of nitro benzene ring substituents is 1. The molecule has 0 aliphatic carbocycles. The molecule has 2 rings (SSSR count). The molecule has 0 fully saturated rings. The second kappa shape index (κ2) is 5.49. The number of hydrogen-bond acceptors (Lipinski definition) is 5. The number of nitrogens with two attached hydrogens (primary N) is 1. The van der Waals surface area contributed by atoms with Crippen molar-refractivity contribution in [2.24, 2.45) is 0 Å². The zero-order valence-corrected chi connectivity index (χ0v) is 10.3. The topological polar surface area (TPSA) is 111 Å². The Morgan fingerprint density at radius 1 is 1.33 bits per heavy atom. The molecule has 0 atom stereocenters. The second-order valence-electron chi connectivity index (χ2n) is 3.93. The van der Waals surface area contributed by atoms with Crippen LogP contribution >= 0.6 is 0 Å². The van der Waals surface area contributed by atoms with Crippen LogP contribution in [0.5, 0.6) is 0 Å². The lowest BCUT2D eigenvalue weighted by atomic mass is 10.2. The fraction of sp³-hybridized carbons (Fsp3) is 0. The summed E-state index contributed by atoms with van der Waals surface area (Å²) in [5.74, 6) is -3.39. The summed E-state index contributed by atoms with van der Waals surface area (Å²) in [6.07, 6.45) is 1.36. The first kappa shape index (κ1) is 14.3. The van der Waals surface area contributed by atoms with Gasteiger partial charge in [0.1, 0.15) is 11.6 Å². The van der Waals surface area contributed by atoms with Gasteiger partial charge in [0, 0.05) is 18.3 Å². The smallest absolute Gasteiger partial charge is 0.307 e. The number of carbonyl (C=O) groups is 1. The van der Waals surface area contributed by atoms with Gasteiger partial charge in [-0.25, -0.2) is 9.37 Å². The molecule has 0 bridgehead atoms. The Labute approximate surface area is 116 Å². The van der Waals surface area contributed by atoms with Gasteiger partial charge in [-0.2, -0.15) is 4.39 Å². The number of anilines is 2. The molecule has 1 heterocycles. The minimum Gasteiger partial charge on any atom is -0.383 e. The third kappa shape index (κ3) is 2.91. The van der Waals surface area contributed by atoms with E-state index in [1.807, 2.05) is 0 Å². The first-order valence-corrected chi connectivity index (χ1v) is 5.55. The average Bonchev–Trinajstić information content (AvgIpc) is 2.41. The van der Waals surface area contributed by atoms with Crippen LogP contribution in [0.25, 0.3) is 0 Å². The Kier molecular flexibility index (Phi) is 3.74. The van der Waals surface area contributed by atoms with E-state index < -0.39 is 33.8 Å². The summed E-state index contributed by atoms with van der Waals surface area (Å²) in [7, 11) is 0. The van der Waals surface area contributed by atoms with Crippen LogP contribution in [-0.2, 0) is 0 Å². The zero-order chi connectivity index (χ0) is 15.6. The van der Waals surface area contributed by atoms with E-state index >= 15 is 0 Å². The summed E-state index contributed by atoms with van der Waals surface area (Å²) in [6, 6.07) is 3.69. The van der Waals surface area contributed by atoms with Crippen LogP contribution in [0.4, 0.5) is 26.0 Å². The largest absolute Gasteiger partial charge is 0.383 e. The minimum atomic E-state index is -1.34. The lowest BCUT2D eigenvalue weighted by molar-refractivity contribution is -0.387. The molecule has 21 heavy (non-hydrogen) atoms. The van der Waals surface area contributed by atoms with Crippen LogP contribution in [0.2, 0.25) is 0 Å². The van der Waals surface area contributed by atoms with E-state index in [1.54, 1.807) is 0 Å². The quantitative estimate of drug-likeness (QED) is 0.665. The highest BCUT2D eigenvalue weighted by atomic mass is 19.1. The molecule has 0 saturated carbocycles. The molecule has 1 aromatic carbocycles. The summed E-state index contributed by atoms with van der Waals surface area (Å²) < 4.78 is 26.7. The van der Waals surface area contributed by atoms with Gasteiger partial charge in [-0.3, -0.25) is 14.9 Å². The maximum absolute atomic E-state index is 13.5. The van der Waals surface area contributed by atoms with Crippen LogP contribution in [0, 0.1) is 21.7 Å². The van der Waals surface area contributed by atoms with Crippen molar-refractivity contribution < 1.29 is 18.5 Å². The van der Waals surface area contributed by atoms with Crippen LogP contribution in [0.1, 0.15) is 10.4 Å². The van der Waals surface area contributed by atoms with Gasteiger partial charge in [-0.15, -0.1) is 0 Å². The Hall–Kier alpha value is -3.10. The average molecular weight is 294 g/mol. The third-order valence-electron chi connectivity index (χ3n) is 2.56. The third-order valence-corrected chi connectivity index (χ3v) is 2.56. The number of pyridine rings is 1. The molecule has 0 radical (unpaired) electrons. The number of nitrogen functional groups attached to an aromatic ring is 1. The van der Waals surface area contributed by atoms with E-state index in [0.717, 1.165) is 0 Å².